The Balaban J connectivity index is 1.97. The second-order valence-corrected chi connectivity index (χ2v) is 2.53. The number of nitrogens with one attached hydrogen (secondary N) is 3. The van der Waals surface area contributed by atoms with Crippen LogP contribution in [-0.4, -0.2) is 38.2 Å². The Morgan fingerprint density at radius 1 is 1.20 bits per heavy atom. The lowest BCUT2D eigenvalue weighted by molar-refractivity contribution is 0.684. The molecule has 2 rings (SSSR count). The minimum absolute atomic E-state index is 0.294. The van der Waals surface area contributed by atoms with Gasteiger partial charge in [-0.3, -0.25) is 15.6 Å². The van der Waals surface area contributed by atoms with Crippen molar-refractivity contribution in [2.45, 2.75) is 6.17 Å². The van der Waals surface area contributed by atoms with Crippen LogP contribution in [0.25, 0.3) is 0 Å². The molecule has 0 radical (unpaired) electrons. The van der Waals surface area contributed by atoms with Crippen LogP contribution in [0.5, 0.6) is 0 Å². The maximum absolute atomic E-state index is 4.30. The van der Waals surface area contributed by atoms with E-state index >= 15 is 0 Å². The van der Waals surface area contributed by atoms with E-state index in [1.54, 1.807) is 0 Å². The van der Waals surface area contributed by atoms with Crippen molar-refractivity contribution in [1.29, 1.82) is 0 Å². The van der Waals surface area contributed by atoms with Crippen molar-refractivity contribution in [2.75, 3.05) is 26.2 Å². The molecule has 0 bridgehead atoms. The van der Waals surface area contributed by atoms with Crippen LogP contribution in [-0.2, 0) is 0 Å². The molecule has 2 heterocycles. The zero-order valence-electron chi connectivity index (χ0n) is 5.85. The van der Waals surface area contributed by atoms with Crippen molar-refractivity contribution >= 4 is 5.84 Å². The summed E-state index contributed by atoms with van der Waals surface area (Å²) in [6, 6.07) is 0. The molecular weight excluding hydrogens is 128 g/mol. The molecule has 0 saturated carbocycles. The number of aliphatic imine (C=N–C) groups is 1. The molecule has 1 fully saturated rings. The van der Waals surface area contributed by atoms with Crippen LogP contribution in [0, 0.1) is 0 Å². The summed E-state index contributed by atoms with van der Waals surface area (Å²) >= 11 is 0. The number of rotatable bonds is 1. The summed E-state index contributed by atoms with van der Waals surface area (Å²) in [6.45, 7) is 4.02. The first-order valence-corrected chi connectivity index (χ1v) is 3.72. The van der Waals surface area contributed by atoms with Crippen LogP contribution in [0.4, 0.5) is 0 Å². The highest BCUT2D eigenvalue weighted by molar-refractivity contribution is 5.88. The molecule has 0 aromatic carbocycles. The molecule has 10 heavy (non-hydrogen) atoms. The summed E-state index contributed by atoms with van der Waals surface area (Å²) < 4.78 is 0. The molecule has 0 spiro atoms. The highest BCUT2D eigenvalue weighted by Crippen LogP contribution is 1.92. The van der Waals surface area contributed by atoms with E-state index in [4.69, 9.17) is 0 Å². The Morgan fingerprint density at radius 2 is 2.00 bits per heavy atom. The Kier molecular flexibility index (Phi) is 1.56. The van der Waals surface area contributed by atoms with Crippen LogP contribution < -0.4 is 16.0 Å². The van der Waals surface area contributed by atoms with E-state index < -0.39 is 0 Å². The van der Waals surface area contributed by atoms with Gasteiger partial charge in [-0.2, -0.15) is 0 Å². The van der Waals surface area contributed by atoms with Crippen LogP contribution in [0.3, 0.4) is 0 Å². The highest BCUT2D eigenvalue weighted by Gasteiger charge is 2.20. The van der Waals surface area contributed by atoms with Crippen molar-refractivity contribution in [1.82, 2.24) is 16.0 Å². The van der Waals surface area contributed by atoms with Gasteiger partial charge in [0.1, 0.15) is 12.0 Å². The maximum Gasteiger partial charge on any atom is 0.129 e. The number of hydrogen-bond acceptors (Lipinski definition) is 4. The number of nitrogens with zero attached hydrogens (tertiary/aromatic N) is 1. The summed E-state index contributed by atoms with van der Waals surface area (Å²) in [5, 5.41) is 9.81. The molecule has 0 unspecified atom stereocenters. The molecule has 2 aliphatic rings. The summed E-state index contributed by atoms with van der Waals surface area (Å²) in [7, 11) is 0. The minimum Gasteiger partial charge on any atom is -0.370 e. The van der Waals surface area contributed by atoms with E-state index in [2.05, 4.69) is 20.9 Å². The van der Waals surface area contributed by atoms with Crippen molar-refractivity contribution in [3.8, 4) is 0 Å². The summed E-state index contributed by atoms with van der Waals surface area (Å²) in [6.07, 6.45) is 0.294. The molecule has 4 heteroatoms. The lowest BCUT2D eigenvalue weighted by atomic mass is 10.5. The van der Waals surface area contributed by atoms with Crippen molar-refractivity contribution in [3.63, 3.8) is 0 Å². The van der Waals surface area contributed by atoms with Gasteiger partial charge in [-0.15, -0.1) is 0 Å². The predicted molar refractivity (Wildman–Crippen MR) is 40.1 cm³/mol. The van der Waals surface area contributed by atoms with E-state index in [-0.39, 0.29) is 0 Å². The maximum atomic E-state index is 4.30. The highest BCUT2D eigenvalue weighted by atomic mass is 15.3. The summed E-state index contributed by atoms with van der Waals surface area (Å²) in [5.74, 6) is 1.08. The predicted octanol–water partition coefficient (Wildman–Crippen LogP) is -1.49. The summed E-state index contributed by atoms with van der Waals surface area (Å²) in [4.78, 5) is 4.30. The van der Waals surface area contributed by atoms with Gasteiger partial charge >= 0.3 is 0 Å². The monoisotopic (exact) mass is 140 g/mol. The Bertz CT molecular complexity index is 148. The molecule has 0 aliphatic carbocycles. The Morgan fingerprint density at radius 3 is 2.60 bits per heavy atom. The second-order valence-electron chi connectivity index (χ2n) is 2.53. The molecule has 0 aromatic rings. The first-order chi connectivity index (χ1) is 4.97. The molecule has 1 saturated heterocycles. The van der Waals surface area contributed by atoms with Gasteiger partial charge in [0.05, 0.1) is 6.54 Å². The average molecular weight is 140 g/mol. The fraction of sp³-hybridized carbons (Fsp3) is 0.833. The van der Waals surface area contributed by atoms with E-state index in [9.17, 15) is 0 Å². The van der Waals surface area contributed by atoms with Gasteiger partial charge in [0.2, 0.25) is 0 Å². The first-order valence-electron chi connectivity index (χ1n) is 3.72. The molecule has 2 aliphatic heterocycles. The number of hydrogen-bond donors (Lipinski definition) is 3. The van der Waals surface area contributed by atoms with Gasteiger partial charge in [-0.1, -0.05) is 0 Å². The lowest BCUT2D eigenvalue weighted by Gasteiger charge is -2.10. The molecule has 56 valence electrons. The molecule has 0 aromatic heterocycles. The largest absolute Gasteiger partial charge is 0.370 e. The quantitative estimate of drug-likeness (QED) is 0.416. The van der Waals surface area contributed by atoms with E-state index in [0.717, 1.165) is 32.0 Å². The van der Waals surface area contributed by atoms with Crippen LogP contribution >= 0.6 is 0 Å². The average Bonchev–Trinajstić information content (AvgIpc) is 2.59. The molecule has 0 amide bonds. The third-order valence-electron chi connectivity index (χ3n) is 1.80. The van der Waals surface area contributed by atoms with E-state index in [0.29, 0.717) is 6.17 Å². The van der Waals surface area contributed by atoms with Crippen molar-refractivity contribution in [2.24, 2.45) is 4.99 Å². The second kappa shape index (κ2) is 2.56. The van der Waals surface area contributed by atoms with Gasteiger partial charge in [-0.25, -0.2) is 0 Å². The number of amidine groups is 1. The lowest BCUT2D eigenvalue weighted by Crippen LogP contribution is -2.44. The fourth-order valence-corrected chi connectivity index (χ4v) is 1.31. The zero-order chi connectivity index (χ0) is 6.81. The van der Waals surface area contributed by atoms with Gasteiger partial charge < -0.3 is 5.32 Å². The Hall–Kier alpha value is -0.610. The SMILES string of the molecule is C1CNC(C2NCCN2)=N1. The first kappa shape index (κ1) is 6.12. The minimum atomic E-state index is 0.294. The summed E-state index contributed by atoms with van der Waals surface area (Å²) in [5.41, 5.74) is 0. The zero-order valence-corrected chi connectivity index (χ0v) is 5.85. The van der Waals surface area contributed by atoms with Crippen molar-refractivity contribution in [3.05, 3.63) is 0 Å². The van der Waals surface area contributed by atoms with E-state index in [1.165, 1.54) is 0 Å². The van der Waals surface area contributed by atoms with Crippen LogP contribution in [0.15, 0.2) is 4.99 Å². The third kappa shape index (κ3) is 0.998. The van der Waals surface area contributed by atoms with Gasteiger partial charge in [0, 0.05) is 19.6 Å². The smallest absolute Gasteiger partial charge is 0.129 e. The van der Waals surface area contributed by atoms with Gasteiger partial charge in [-0.05, 0) is 0 Å². The van der Waals surface area contributed by atoms with Gasteiger partial charge in [0.25, 0.3) is 0 Å². The fourth-order valence-electron chi connectivity index (χ4n) is 1.31. The standard InChI is InChI=1S/C6H12N4/c1-2-8-5(7-1)6-9-3-4-10-6/h5,7-8H,1-4H2,(H,9,10). The molecule has 0 atom stereocenters. The molecule has 3 N–H and O–H groups in total. The van der Waals surface area contributed by atoms with Crippen LogP contribution in [0.2, 0.25) is 0 Å². The molecular formula is C6H12N4. The van der Waals surface area contributed by atoms with Crippen molar-refractivity contribution < 1.29 is 0 Å². The van der Waals surface area contributed by atoms with Gasteiger partial charge in [0.15, 0.2) is 0 Å². The van der Waals surface area contributed by atoms with E-state index in [1.807, 2.05) is 0 Å². The molecule has 4 nitrogen and oxygen atoms in total. The third-order valence-corrected chi connectivity index (χ3v) is 1.80. The van der Waals surface area contributed by atoms with Crippen LogP contribution in [0.1, 0.15) is 0 Å². The topological polar surface area (TPSA) is 48.4 Å². The normalized spacial score (nSPS) is 26.6. The Labute approximate surface area is 60.1 Å².